The summed E-state index contributed by atoms with van der Waals surface area (Å²) in [6, 6.07) is 3.51. The molecule has 3 N–H and O–H groups in total. The van der Waals surface area contributed by atoms with Crippen LogP contribution in [0, 0.1) is 6.92 Å². The Morgan fingerprint density at radius 1 is 1.59 bits per heavy atom. The molecule has 1 atom stereocenters. The molecule has 1 amide bonds. The molecule has 4 nitrogen and oxygen atoms in total. The third-order valence-electron chi connectivity index (χ3n) is 2.45. The largest absolute Gasteiger partial charge is 0.398 e. The Balaban J connectivity index is 2.89. The van der Waals surface area contributed by atoms with Crippen molar-refractivity contribution < 1.29 is 9.53 Å². The number of carbonyl (C=O) groups is 1. The van der Waals surface area contributed by atoms with Gasteiger partial charge in [-0.1, -0.05) is 15.9 Å². The minimum Gasteiger partial charge on any atom is -0.398 e. The minimum absolute atomic E-state index is 0.0351. The highest BCUT2D eigenvalue weighted by atomic mass is 79.9. The van der Waals surface area contributed by atoms with Crippen molar-refractivity contribution in [2.75, 3.05) is 19.5 Å². The molecule has 1 unspecified atom stereocenters. The molecule has 0 bridgehead atoms. The van der Waals surface area contributed by atoms with Gasteiger partial charge in [0.05, 0.1) is 6.61 Å². The Morgan fingerprint density at radius 2 is 2.24 bits per heavy atom. The van der Waals surface area contributed by atoms with Crippen molar-refractivity contribution in [2.45, 2.75) is 19.9 Å². The molecule has 0 aliphatic carbocycles. The monoisotopic (exact) mass is 300 g/mol. The van der Waals surface area contributed by atoms with Crippen molar-refractivity contribution in [2.24, 2.45) is 0 Å². The standard InChI is InChI=1S/C12H17BrN2O2/c1-7(6-17-3)15-12(16)10-4-9(13)5-11(14)8(10)2/h4-5,7H,6,14H2,1-3H3,(H,15,16). The fourth-order valence-corrected chi connectivity index (χ4v) is 2.00. The Hall–Kier alpha value is -1.07. The van der Waals surface area contributed by atoms with Crippen molar-refractivity contribution in [3.63, 3.8) is 0 Å². The molecule has 0 aromatic heterocycles. The van der Waals surface area contributed by atoms with E-state index < -0.39 is 0 Å². The van der Waals surface area contributed by atoms with E-state index in [2.05, 4.69) is 21.2 Å². The number of methoxy groups -OCH3 is 1. The summed E-state index contributed by atoms with van der Waals surface area (Å²) in [6.07, 6.45) is 0. The summed E-state index contributed by atoms with van der Waals surface area (Å²) in [7, 11) is 1.60. The van der Waals surface area contributed by atoms with Gasteiger partial charge in [-0.05, 0) is 31.5 Å². The molecule has 0 aliphatic rings. The van der Waals surface area contributed by atoms with E-state index in [1.807, 2.05) is 13.8 Å². The molecule has 0 radical (unpaired) electrons. The second kappa shape index (κ2) is 6.02. The Morgan fingerprint density at radius 3 is 2.82 bits per heavy atom. The third-order valence-corrected chi connectivity index (χ3v) is 2.91. The zero-order valence-corrected chi connectivity index (χ0v) is 11.8. The van der Waals surface area contributed by atoms with Crippen LogP contribution in [0.2, 0.25) is 0 Å². The van der Waals surface area contributed by atoms with Crippen LogP contribution < -0.4 is 11.1 Å². The number of benzene rings is 1. The molecule has 0 spiro atoms. The fourth-order valence-electron chi connectivity index (χ4n) is 1.53. The van der Waals surface area contributed by atoms with Crippen molar-refractivity contribution in [3.05, 3.63) is 27.7 Å². The number of nitrogens with one attached hydrogen (secondary N) is 1. The van der Waals surface area contributed by atoms with Crippen LogP contribution in [0.5, 0.6) is 0 Å². The smallest absolute Gasteiger partial charge is 0.251 e. The lowest BCUT2D eigenvalue weighted by atomic mass is 10.1. The van der Waals surface area contributed by atoms with Gasteiger partial charge in [-0.25, -0.2) is 0 Å². The van der Waals surface area contributed by atoms with Crippen LogP contribution in [0.15, 0.2) is 16.6 Å². The van der Waals surface area contributed by atoms with Gasteiger partial charge < -0.3 is 15.8 Å². The third kappa shape index (κ3) is 3.71. The second-order valence-corrected chi connectivity index (χ2v) is 4.91. The average Bonchev–Trinajstić information content (AvgIpc) is 2.23. The molecule has 1 aromatic carbocycles. The van der Waals surface area contributed by atoms with Crippen LogP contribution in [-0.2, 0) is 4.74 Å². The highest BCUT2D eigenvalue weighted by Crippen LogP contribution is 2.22. The van der Waals surface area contributed by atoms with Crippen LogP contribution >= 0.6 is 15.9 Å². The summed E-state index contributed by atoms with van der Waals surface area (Å²) in [5.74, 6) is -0.139. The van der Waals surface area contributed by atoms with E-state index in [0.29, 0.717) is 17.9 Å². The van der Waals surface area contributed by atoms with Gasteiger partial charge >= 0.3 is 0 Å². The maximum atomic E-state index is 12.0. The van der Waals surface area contributed by atoms with Crippen LogP contribution in [-0.4, -0.2) is 25.7 Å². The first kappa shape index (κ1) is 14.0. The van der Waals surface area contributed by atoms with Crippen molar-refractivity contribution in [3.8, 4) is 0 Å². The highest BCUT2D eigenvalue weighted by Gasteiger charge is 2.14. The molecule has 0 saturated heterocycles. The topological polar surface area (TPSA) is 64.3 Å². The number of anilines is 1. The van der Waals surface area contributed by atoms with E-state index in [-0.39, 0.29) is 11.9 Å². The normalized spacial score (nSPS) is 12.2. The number of nitrogen functional groups attached to an aromatic ring is 1. The molecule has 0 fully saturated rings. The maximum Gasteiger partial charge on any atom is 0.251 e. The second-order valence-electron chi connectivity index (χ2n) is 4.00. The van der Waals surface area contributed by atoms with Gasteiger partial charge in [0.15, 0.2) is 0 Å². The van der Waals surface area contributed by atoms with Gasteiger partial charge in [0, 0.05) is 28.9 Å². The van der Waals surface area contributed by atoms with Gasteiger partial charge in [-0.2, -0.15) is 0 Å². The molecule has 94 valence electrons. The maximum absolute atomic E-state index is 12.0. The van der Waals surface area contributed by atoms with Crippen molar-refractivity contribution in [1.29, 1.82) is 0 Å². The fraction of sp³-hybridized carbons (Fsp3) is 0.417. The number of carbonyl (C=O) groups excluding carboxylic acids is 1. The van der Waals surface area contributed by atoms with Crippen LogP contribution in [0.4, 0.5) is 5.69 Å². The minimum atomic E-state index is -0.139. The summed E-state index contributed by atoms with van der Waals surface area (Å²) in [5, 5.41) is 2.85. The molecule has 1 aromatic rings. The number of ether oxygens (including phenoxy) is 1. The summed E-state index contributed by atoms with van der Waals surface area (Å²) < 4.78 is 5.77. The summed E-state index contributed by atoms with van der Waals surface area (Å²) >= 11 is 3.33. The average molecular weight is 301 g/mol. The summed E-state index contributed by atoms with van der Waals surface area (Å²) in [5.41, 5.74) is 7.79. The van der Waals surface area contributed by atoms with Crippen LogP contribution in [0.25, 0.3) is 0 Å². The molecular weight excluding hydrogens is 284 g/mol. The Labute approximate surface area is 110 Å². The van der Waals surface area contributed by atoms with Crippen LogP contribution in [0.3, 0.4) is 0 Å². The lowest BCUT2D eigenvalue weighted by Crippen LogP contribution is -2.36. The SMILES string of the molecule is COCC(C)NC(=O)c1cc(Br)cc(N)c1C. The van der Waals surface area contributed by atoms with E-state index >= 15 is 0 Å². The van der Waals surface area contributed by atoms with Gasteiger partial charge in [0.1, 0.15) is 0 Å². The summed E-state index contributed by atoms with van der Waals surface area (Å²) in [4.78, 5) is 12.0. The number of amides is 1. The lowest BCUT2D eigenvalue weighted by molar-refractivity contribution is 0.0905. The van der Waals surface area contributed by atoms with E-state index in [4.69, 9.17) is 10.5 Å². The quantitative estimate of drug-likeness (QED) is 0.837. The number of nitrogens with two attached hydrogens (primary N) is 1. The molecule has 1 rings (SSSR count). The van der Waals surface area contributed by atoms with Gasteiger partial charge in [-0.3, -0.25) is 4.79 Å². The number of hydrogen-bond acceptors (Lipinski definition) is 3. The molecule has 0 aliphatic heterocycles. The zero-order chi connectivity index (χ0) is 13.0. The van der Waals surface area contributed by atoms with Crippen LogP contribution in [0.1, 0.15) is 22.8 Å². The number of hydrogen-bond donors (Lipinski definition) is 2. The van der Waals surface area contributed by atoms with Gasteiger partial charge in [0.2, 0.25) is 0 Å². The molecule has 17 heavy (non-hydrogen) atoms. The Kier molecular flexibility index (Phi) is 4.96. The first-order chi connectivity index (χ1) is 7.95. The number of halogens is 1. The first-order valence-electron chi connectivity index (χ1n) is 5.31. The molecular formula is C12H17BrN2O2. The molecule has 0 heterocycles. The van der Waals surface area contributed by atoms with Gasteiger partial charge in [0.25, 0.3) is 5.91 Å². The predicted molar refractivity (Wildman–Crippen MR) is 72.1 cm³/mol. The van der Waals surface area contributed by atoms with E-state index in [0.717, 1.165) is 10.0 Å². The number of rotatable bonds is 4. The summed E-state index contributed by atoms with van der Waals surface area (Å²) in [6.45, 7) is 4.20. The first-order valence-corrected chi connectivity index (χ1v) is 6.10. The van der Waals surface area contributed by atoms with E-state index in [9.17, 15) is 4.79 Å². The Bertz CT molecular complexity index is 421. The lowest BCUT2D eigenvalue weighted by Gasteiger charge is -2.15. The molecule has 0 saturated carbocycles. The zero-order valence-electron chi connectivity index (χ0n) is 10.2. The highest BCUT2D eigenvalue weighted by molar-refractivity contribution is 9.10. The van der Waals surface area contributed by atoms with Crippen molar-refractivity contribution >= 4 is 27.5 Å². The molecule has 5 heteroatoms. The van der Waals surface area contributed by atoms with Gasteiger partial charge in [-0.15, -0.1) is 0 Å². The van der Waals surface area contributed by atoms with Crippen molar-refractivity contribution in [1.82, 2.24) is 5.32 Å². The van der Waals surface area contributed by atoms with E-state index in [1.54, 1.807) is 19.2 Å². The predicted octanol–water partition coefficient (Wildman–Crippen LogP) is 2.10. The van der Waals surface area contributed by atoms with E-state index in [1.165, 1.54) is 0 Å².